The lowest BCUT2D eigenvalue weighted by Gasteiger charge is -2.23. The number of thiazole rings is 1. The van der Waals surface area contributed by atoms with E-state index in [4.69, 9.17) is 16.3 Å². The molecule has 4 rings (SSSR count). The maximum Gasteiger partial charge on any atom is 0.233 e. The molecule has 2 aromatic carbocycles. The molecule has 27 heavy (non-hydrogen) atoms. The topological polar surface area (TPSA) is 42.4 Å². The molecule has 2 heterocycles. The van der Waals surface area contributed by atoms with Gasteiger partial charge in [-0.3, -0.25) is 9.69 Å². The van der Waals surface area contributed by atoms with Crippen molar-refractivity contribution in [1.29, 1.82) is 0 Å². The SMILES string of the molecule is Cc1cccc(CC(=O)N(CC2CCCO2)c2nc3ccc(Cl)cc3s2)c1. The van der Waals surface area contributed by atoms with Gasteiger partial charge in [-0.1, -0.05) is 52.8 Å². The molecule has 0 spiro atoms. The van der Waals surface area contributed by atoms with Gasteiger partial charge in [0.1, 0.15) is 0 Å². The predicted molar refractivity (Wildman–Crippen MR) is 111 cm³/mol. The fourth-order valence-corrected chi connectivity index (χ4v) is 4.64. The lowest BCUT2D eigenvalue weighted by atomic mass is 10.1. The Morgan fingerprint density at radius 2 is 2.22 bits per heavy atom. The molecule has 3 aromatic rings. The Morgan fingerprint density at radius 3 is 3.00 bits per heavy atom. The molecule has 0 bridgehead atoms. The second kappa shape index (κ2) is 7.97. The van der Waals surface area contributed by atoms with Crippen molar-refractivity contribution < 1.29 is 9.53 Å². The molecule has 1 unspecified atom stereocenters. The van der Waals surface area contributed by atoms with Crippen molar-refractivity contribution >= 4 is 44.2 Å². The molecule has 1 fully saturated rings. The first-order valence-corrected chi connectivity index (χ1v) is 10.3. The van der Waals surface area contributed by atoms with Crippen LogP contribution in [-0.4, -0.2) is 30.1 Å². The van der Waals surface area contributed by atoms with E-state index in [0.29, 0.717) is 23.1 Å². The minimum Gasteiger partial charge on any atom is -0.376 e. The highest BCUT2D eigenvalue weighted by Crippen LogP contribution is 2.32. The summed E-state index contributed by atoms with van der Waals surface area (Å²) in [6, 6.07) is 13.7. The van der Waals surface area contributed by atoms with E-state index in [0.717, 1.165) is 40.8 Å². The monoisotopic (exact) mass is 400 g/mol. The van der Waals surface area contributed by atoms with E-state index in [1.54, 1.807) is 4.90 Å². The van der Waals surface area contributed by atoms with Gasteiger partial charge in [-0.2, -0.15) is 0 Å². The number of rotatable bonds is 5. The average molecular weight is 401 g/mol. The highest BCUT2D eigenvalue weighted by molar-refractivity contribution is 7.22. The number of carbonyl (C=O) groups is 1. The number of aromatic nitrogens is 1. The molecule has 0 radical (unpaired) electrons. The highest BCUT2D eigenvalue weighted by atomic mass is 35.5. The second-order valence-electron chi connectivity index (χ2n) is 6.91. The molecule has 1 saturated heterocycles. The van der Waals surface area contributed by atoms with Crippen LogP contribution < -0.4 is 4.90 Å². The molecule has 1 aromatic heterocycles. The number of aryl methyl sites for hydroxylation is 1. The number of anilines is 1. The van der Waals surface area contributed by atoms with Crippen LogP contribution in [0.15, 0.2) is 42.5 Å². The maximum absolute atomic E-state index is 13.2. The molecular formula is C21H21ClN2O2S. The molecule has 140 valence electrons. The minimum absolute atomic E-state index is 0.0428. The number of hydrogen-bond donors (Lipinski definition) is 0. The molecule has 1 aliphatic heterocycles. The molecular weight excluding hydrogens is 380 g/mol. The lowest BCUT2D eigenvalue weighted by Crippen LogP contribution is -2.38. The molecule has 6 heteroatoms. The van der Waals surface area contributed by atoms with Crippen molar-refractivity contribution in [3.05, 3.63) is 58.6 Å². The third-order valence-electron chi connectivity index (χ3n) is 4.72. The van der Waals surface area contributed by atoms with Crippen LogP contribution in [0.4, 0.5) is 5.13 Å². The Morgan fingerprint density at radius 1 is 1.33 bits per heavy atom. The van der Waals surface area contributed by atoms with Gasteiger partial charge in [0, 0.05) is 11.6 Å². The quantitative estimate of drug-likeness (QED) is 0.604. The molecule has 0 saturated carbocycles. The molecule has 1 aliphatic rings. The zero-order chi connectivity index (χ0) is 18.8. The van der Waals surface area contributed by atoms with Gasteiger partial charge < -0.3 is 4.74 Å². The van der Waals surface area contributed by atoms with E-state index in [9.17, 15) is 4.79 Å². The van der Waals surface area contributed by atoms with Crippen LogP contribution in [0.25, 0.3) is 10.2 Å². The van der Waals surface area contributed by atoms with Crippen LogP contribution in [0, 0.1) is 6.92 Å². The van der Waals surface area contributed by atoms with Gasteiger partial charge in [0.2, 0.25) is 5.91 Å². The fraction of sp³-hybridized carbons (Fsp3) is 0.333. The third kappa shape index (κ3) is 4.32. The number of ether oxygens (including phenoxy) is 1. The highest BCUT2D eigenvalue weighted by Gasteiger charge is 2.26. The van der Waals surface area contributed by atoms with Crippen LogP contribution in [0.2, 0.25) is 5.02 Å². The van der Waals surface area contributed by atoms with E-state index in [1.165, 1.54) is 11.3 Å². The number of amides is 1. The first-order valence-electron chi connectivity index (χ1n) is 9.12. The zero-order valence-corrected chi connectivity index (χ0v) is 16.7. The van der Waals surface area contributed by atoms with Crippen LogP contribution in [0.3, 0.4) is 0 Å². The van der Waals surface area contributed by atoms with Crippen molar-refractivity contribution in [2.75, 3.05) is 18.1 Å². The van der Waals surface area contributed by atoms with E-state index < -0.39 is 0 Å². The number of fused-ring (bicyclic) bond motifs is 1. The van der Waals surface area contributed by atoms with Crippen molar-refractivity contribution in [3.8, 4) is 0 Å². The molecule has 0 aliphatic carbocycles. The number of nitrogens with zero attached hydrogens (tertiary/aromatic N) is 2. The standard InChI is InChI=1S/C21H21ClN2O2S/c1-14-4-2-5-15(10-14)11-20(25)24(13-17-6-3-9-26-17)21-23-18-8-7-16(22)12-19(18)27-21/h2,4-5,7-8,10,12,17H,3,6,9,11,13H2,1H3. The lowest BCUT2D eigenvalue weighted by molar-refractivity contribution is -0.118. The minimum atomic E-state index is 0.0428. The zero-order valence-electron chi connectivity index (χ0n) is 15.2. The Bertz CT molecular complexity index is 966. The summed E-state index contributed by atoms with van der Waals surface area (Å²) in [5, 5.41) is 1.38. The van der Waals surface area contributed by atoms with E-state index >= 15 is 0 Å². The number of carbonyl (C=O) groups excluding carboxylic acids is 1. The van der Waals surface area contributed by atoms with E-state index in [-0.39, 0.29) is 12.0 Å². The summed E-state index contributed by atoms with van der Waals surface area (Å²) in [6.07, 6.45) is 2.44. The van der Waals surface area contributed by atoms with Crippen LogP contribution >= 0.6 is 22.9 Å². The third-order valence-corrected chi connectivity index (χ3v) is 6.00. The first kappa shape index (κ1) is 18.4. The fourth-order valence-electron chi connectivity index (χ4n) is 3.37. The van der Waals surface area contributed by atoms with Gasteiger partial charge in [-0.05, 0) is 43.5 Å². The van der Waals surface area contributed by atoms with Crippen LogP contribution in [0.5, 0.6) is 0 Å². The second-order valence-corrected chi connectivity index (χ2v) is 8.36. The molecule has 1 amide bonds. The Hall–Kier alpha value is -1.95. The van der Waals surface area contributed by atoms with Gasteiger partial charge >= 0.3 is 0 Å². The van der Waals surface area contributed by atoms with Gasteiger partial charge in [0.05, 0.1) is 29.3 Å². The largest absolute Gasteiger partial charge is 0.376 e. The van der Waals surface area contributed by atoms with Crippen molar-refractivity contribution in [2.24, 2.45) is 0 Å². The average Bonchev–Trinajstić information content (AvgIpc) is 3.28. The van der Waals surface area contributed by atoms with Crippen LogP contribution in [-0.2, 0) is 16.0 Å². The molecule has 4 nitrogen and oxygen atoms in total. The molecule has 1 atom stereocenters. The summed E-state index contributed by atoms with van der Waals surface area (Å²) >= 11 is 7.61. The smallest absolute Gasteiger partial charge is 0.233 e. The van der Waals surface area contributed by atoms with Crippen LogP contribution in [0.1, 0.15) is 24.0 Å². The van der Waals surface area contributed by atoms with E-state index in [1.807, 2.05) is 43.3 Å². The summed E-state index contributed by atoms with van der Waals surface area (Å²) in [4.78, 5) is 19.6. The summed E-state index contributed by atoms with van der Waals surface area (Å²) in [7, 11) is 0. The summed E-state index contributed by atoms with van der Waals surface area (Å²) in [5.74, 6) is 0.0428. The molecule has 0 N–H and O–H groups in total. The summed E-state index contributed by atoms with van der Waals surface area (Å²) < 4.78 is 6.76. The normalized spacial score (nSPS) is 16.7. The van der Waals surface area contributed by atoms with Gasteiger partial charge in [0.15, 0.2) is 5.13 Å². The van der Waals surface area contributed by atoms with Crippen molar-refractivity contribution in [2.45, 2.75) is 32.3 Å². The number of hydrogen-bond acceptors (Lipinski definition) is 4. The van der Waals surface area contributed by atoms with E-state index in [2.05, 4.69) is 11.1 Å². The number of benzene rings is 2. The summed E-state index contributed by atoms with van der Waals surface area (Å²) in [6.45, 7) is 3.34. The Balaban J connectivity index is 1.63. The number of halogens is 1. The summed E-state index contributed by atoms with van der Waals surface area (Å²) in [5.41, 5.74) is 3.03. The van der Waals surface area contributed by atoms with Crippen molar-refractivity contribution in [1.82, 2.24) is 4.98 Å². The predicted octanol–water partition coefficient (Wildman–Crippen LogP) is 5.01. The van der Waals surface area contributed by atoms with Gasteiger partial charge in [-0.25, -0.2) is 4.98 Å². The Kier molecular flexibility index (Phi) is 5.43. The maximum atomic E-state index is 13.2. The first-order chi connectivity index (χ1) is 13.1. The van der Waals surface area contributed by atoms with Gasteiger partial charge in [0.25, 0.3) is 0 Å². The van der Waals surface area contributed by atoms with Crippen molar-refractivity contribution in [3.63, 3.8) is 0 Å². The van der Waals surface area contributed by atoms with Gasteiger partial charge in [-0.15, -0.1) is 0 Å². The Labute approximate surface area is 167 Å².